The monoisotopic (exact) mass is 226 g/mol. The maximum atomic E-state index is 11.7. The van der Waals surface area contributed by atoms with Gasteiger partial charge < -0.3 is 0 Å². The van der Waals surface area contributed by atoms with Crippen LogP contribution in [0.5, 0.6) is 0 Å². The van der Waals surface area contributed by atoms with Crippen molar-refractivity contribution in [3.63, 3.8) is 0 Å². The third kappa shape index (κ3) is 2.50. The van der Waals surface area contributed by atoms with Crippen molar-refractivity contribution in [2.75, 3.05) is 4.90 Å². The highest BCUT2D eigenvalue weighted by Crippen LogP contribution is 2.23. The van der Waals surface area contributed by atoms with E-state index in [4.69, 9.17) is 0 Å². The molecule has 17 heavy (non-hydrogen) atoms. The van der Waals surface area contributed by atoms with Crippen LogP contribution < -0.4 is 4.90 Å². The summed E-state index contributed by atoms with van der Waals surface area (Å²) in [5, 5.41) is 0. The number of amides is 1. The maximum Gasteiger partial charge on any atom is 0.229 e. The Morgan fingerprint density at radius 1 is 1.06 bits per heavy atom. The predicted octanol–water partition coefficient (Wildman–Crippen LogP) is 3.07. The van der Waals surface area contributed by atoms with E-state index in [9.17, 15) is 4.79 Å². The molecule has 1 heterocycles. The van der Waals surface area contributed by atoms with Gasteiger partial charge in [0.25, 0.3) is 0 Å². The van der Waals surface area contributed by atoms with Crippen molar-refractivity contribution in [2.45, 2.75) is 13.8 Å². The average molecular weight is 226 g/mol. The zero-order valence-electron chi connectivity index (χ0n) is 9.92. The molecule has 0 atom stereocenters. The molecular weight excluding hydrogens is 212 g/mol. The van der Waals surface area contributed by atoms with Crippen LogP contribution in [0.25, 0.3) is 0 Å². The third-order valence-electron chi connectivity index (χ3n) is 2.43. The Balaban J connectivity index is 2.47. The predicted molar refractivity (Wildman–Crippen MR) is 68.2 cm³/mol. The Morgan fingerprint density at radius 3 is 2.35 bits per heavy atom. The maximum absolute atomic E-state index is 11.7. The molecule has 0 fully saturated rings. The van der Waals surface area contributed by atoms with Gasteiger partial charge in [0.05, 0.1) is 5.69 Å². The normalized spacial score (nSPS) is 10.0. The summed E-state index contributed by atoms with van der Waals surface area (Å²) in [4.78, 5) is 17.7. The van der Waals surface area contributed by atoms with Crippen molar-refractivity contribution < 1.29 is 4.79 Å². The van der Waals surface area contributed by atoms with E-state index in [0.29, 0.717) is 5.82 Å². The number of aromatic nitrogens is 1. The second-order valence-corrected chi connectivity index (χ2v) is 3.83. The van der Waals surface area contributed by atoms with Crippen molar-refractivity contribution >= 4 is 17.4 Å². The molecule has 0 radical (unpaired) electrons. The highest BCUT2D eigenvalue weighted by molar-refractivity contribution is 5.98. The van der Waals surface area contributed by atoms with Gasteiger partial charge in [-0.25, -0.2) is 4.98 Å². The summed E-state index contributed by atoms with van der Waals surface area (Å²) in [7, 11) is 0. The van der Waals surface area contributed by atoms with Crippen molar-refractivity contribution in [1.29, 1.82) is 0 Å². The molecule has 1 amide bonds. The number of hydrogen-bond donors (Lipinski definition) is 0. The molecule has 1 aromatic carbocycles. The summed E-state index contributed by atoms with van der Waals surface area (Å²) in [6.45, 7) is 3.45. The Morgan fingerprint density at radius 2 is 1.76 bits per heavy atom. The number of carbonyl (C=O) groups is 1. The van der Waals surface area contributed by atoms with E-state index in [1.807, 2.05) is 55.5 Å². The lowest BCUT2D eigenvalue weighted by Gasteiger charge is -2.20. The van der Waals surface area contributed by atoms with Crippen molar-refractivity contribution in [1.82, 2.24) is 4.98 Å². The molecule has 0 N–H and O–H groups in total. The standard InChI is InChI=1S/C14H14N2O/c1-11-7-6-10-14(15-11)16(12(2)17)13-8-4-3-5-9-13/h3-10H,1-2H3. The van der Waals surface area contributed by atoms with Crippen LogP contribution in [0.3, 0.4) is 0 Å². The number of para-hydroxylation sites is 1. The lowest BCUT2D eigenvalue weighted by atomic mass is 10.2. The Bertz CT molecular complexity index is 523. The van der Waals surface area contributed by atoms with Crippen molar-refractivity contribution in [2.24, 2.45) is 0 Å². The Kier molecular flexibility index (Phi) is 3.19. The van der Waals surface area contributed by atoms with Crippen LogP contribution in [-0.2, 0) is 4.79 Å². The molecule has 0 aliphatic carbocycles. The largest absolute Gasteiger partial charge is 0.274 e. The van der Waals surface area contributed by atoms with Crippen molar-refractivity contribution in [3.8, 4) is 0 Å². The Labute approximate surface area is 101 Å². The lowest BCUT2D eigenvalue weighted by Crippen LogP contribution is -2.23. The van der Waals surface area contributed by atoms with E-state index >= 15 is 0 Å². The summed E-state index contributed by atoms with van der Waals surface area (Å²) in [5.74, 6) is 0.609. The van der Waals surface area contributed by atoms with E-state index in [1.165, 1.54) is 6.92 Å². The first kappa shape index (κ1) is 11.3. The van der Waals surface area contributed by atoms with Gasteiger partial charge in [0.15, 0.2) is 0 Å². The molecule has 0 bridgehead atoms. The van der Waals surface area contributed by atoms with Gasteiger partial charge in [-0.05, 0) is 31.2 Å². The van der Waals surface area contributed by atoms with E-state index in [0.717, 1.165) is 11.4 Å². The number of nitrogens with zero attached hydrogens (tertiary/aromatic N) is 2. The molecule has 0 aliphatic rings. The summed E-state index contributed by atoms with van der Waals surface area (Å²) in [5.41, 5.74) is 1.72. The topological polar surface area (TPSA) is 33.2 Å². The van der Waals surface area contributed by atoms with E-state index < -0.39 is 0 Å². The van der Waals surface area contributed by atoms with Gasteiger partial charge in [-0.2, -0.15) is 0 Å². The summed E-state index contributed by atoms with van der Waals surface area (Å²) >= 11 is 0. The van der Waals surface area contributed by atoms with Gasteiger partial charge in [0.2, 0.25) is 5.91 Å². The molecule has 0 spiro atoms. The lowest BCUT2D eigenvalue weighted by molar-refractivity contribution is -0.115. The van der Waals surface area contributed by atoms with Gasteiger partial charge in [-0.3, -0.25) is 9.69 Å². The zero-order chi connectivity index (χ0) is 12.3. The second kappa shape index (κ2) is 4.78. The fourth-order valence-electron chi connectivity index (χ4n) is 1.71. The van der Waals surface area contributed by atoms with Gasteiger partial charge in [0.1, 0.15) is 5.82 Å². The first-order chi connectivity index (χ1) is 8.18. The molecule has 0 saturated heterocycles. The summed E-state index contributed by atoms with van der Waals surface area (Å²) in [6.07, 6.45) is 0. The molecule has 1 aromatic heterocycles. The van der Waals surface area contributed by atoms with E-state index in [1.54, 1.807) is 4.90 Å². The SMILES string of the molecule is CC(=O)N(c1ccccc1)c1cccc(C)n1. The van der Waals surface area contributed by atoms with E-state index in [-0.39, 0.29) is 5.91 Å². The minimum atomic E-state index is -0.0469. The van der Waals surface area contributed by atoms with Gasteiger partial charge in [-0.15, -0.1) is 0 Å². The number of rotatable bonds is 2. The number of aryl methyl sites for hydroxylation is 1. The third-order valence-corrected chi connectivity index (χ3v) is 2.43. The fourth-order valence-corrected chi connectivity index (χ4v) is 1.71. The average Bonchev–Trinajstić information content (AvgIpc) is 2.30. The zero-order valence-corrected chi connectivity index (χ0v) is 9.92. The molecule has 2 aromatic rings. The number of carbonyl (C=O) groups excluding carboxylic acids is 1. The minimum Gasteiger partial charge on any atom is -0.274 e. The molecule has 0 unspecified atom stereocenters. The highest BCUT2D eigenvalue weighted by atomic mass is 16.2. The van der Waals surface area contributed by atoms with Crippen LogP contribution in [0, 0.1) is 6.92 Å². The number of pyridine rings is 1. The van der Waals surface area contributed by atoms with Crippen LogP contribution >= 0.6 is 0 Å². The first-order valence-corrected chi connectivity index (χ1v) is 5.48. The molecule has 2 rings (SSSR count). The smallest absolute Gasteiger partial charge is 0.229 e. The molecule has 0 aliphatic heterocycles. The van der Waals surface area contributed by atoms with E-state index in [2.05, 4.69) is 4.98 Å². The van der Waals surface area contributed by atoms with Crippen molar-refractivity contribution in [3.05, 3.63) is 54.2 Å². The molecule has 0 saturated carbocycles. The molecule has 3 heteroatoms. The molecule has 3 nitrogen and oxygen atoms in total. The van der Waals surface area contributed by atoms with Crippen LogP contribution in [0.4, 0.5) is 11.5 Å². The fraction of sp³-hybridized carbons (Fsp3) is 0.143. The van der Waals surface area contributed by atoms with Gasteiger partial charge in [-0.1, -0.05) is 24.3 Å². The summed E-state index contributed by atoms with van der Waals surface area (Å²) < 4.78 is 0. The van der Waals surface area contributed by atoms with Crippen LogP contribution in [0.1, 0.15) is 12.6 Å². The second-order valence-electron chi connectivity index (χ2n) is 3.83. The minimum absolute atomic E-state index is 0.0469. The number of benzene rings is 1. The van der Waals surface area contributed by atoms with Gasteiger partial charge >= 0.3 is 0 Å². The number of anilines is 2. The summed E-state index contributed by atoms with van der Waals surface area (Å²) in [6, 6.07) is 15.2. The van der Waals surface area contributed by atoms with Gasteiger partial charge in [0, 0.05) is 12.6 Å². The number of hydrogen-bond acceptors (Lipinski definition) is 2. The molecular formula is C14H14N2O. The first-order valence-electron chi connectivity index (χ1n) is 5.48. The highest BCUT2D eigenvalue weighted by Gasteiger charge is 2.14. The molecule has 86 valence electrons. The quantitative estimate of drug-likeness (QED) is 0.788. The van der Waals surface area contributed by atoms with Crippen LogP contribution in [-0.4, -0.2) is 10.9 Å². The van der Waals surface area contributed by atoms with Crippen LogP contribution in [0.2, 0.25) is 0 Å². The Hall–Kier alpha value is -2.16. The van der Waals surface area contributed by atoms with Crippen LogP contribution in [0.15, 0.2) is 48.5 Å².